The fraction of sp³-hybridized carbons (Fsp3) is 0.174. The van der Waals surface area contributed by atoms with Crippen molar-refractivity contribution in [3.05, 3.63) is 78.4 Å². The van der Waals surface area contributed by atoms with Crippen LogP contribution in [0, 0.1) is 0 Å². The van der Waals surface area contributed by atoms with Crippen LogP contribution in [0.2, 0.25) is 0 Å². The van der Waals surface area contributed by atoms with Gasteiger partial charge in [0.15, 0.2) is 5.58 Å². The van der Waals surface area contributed by atoms with Crippen LogP contribution in [0.3, 0.4) is 0 Å². The number of oxazole rings is 1. The molecule has 1 heterocycles. The molecule has 4 aromatic rings. The van der Waals surface area contributed by atoms with Crippen LogP contribution in [0.25, 0.3) is 33.7 Å². The average molecular weight is 328 g/mol. The molecule has 0 fully saturated rings. The van der Waals surface area contributed by atoms with Crippen LogP contribution in [-0.2, 0) is 5.41 Å². The molecule has 0 aliphatic heterocycles. The fourth-order valence-electron chi connectivity index (χ4n) is 3.09. The molecule has 1 aromatic heterocycles. The third-order valence-corrected chi connectivity index (χ3v) is 4.43. The summed E-state index contributed by atoms with van der Waals surface area (Å²) < 4.78 is 6.19. The van der Waals surface area contributed by atoms with Crippen molar-refractivity contribution < 1.29 is 4.42 Å². The Bertz CT molecular complexity index is 1010. The zero-order chi connectivity index (χ0) is 17.4. The van der Waals surface area contributed by atoms with Gasteiger partial charge in [-0.1, -0.05) is 69.3 Å². The molecule has 0 aliphatic carbocycles. The van der Waals surface area contributed by atoms with Gasteiger partial charge in [0.25, 0.3) is 0 Å². The van der Waals surface area contributed by atoms with Gasteiger partial charge in [-0.05, 0) is 40.8 Å². The zero-order valence-corrected chi connectivity index (χ0v) is 14.8. The fourth-order valence-corrected chi connectivity index (χ4v) is 3.09. The van der Waals surface area contributed by atoms with Crippen LogP contribution in [0.1, 0.15) is 26.3 Å². The zero-order valence-electron chi connectivity index (χ0n) is 14.8. The first-order valence-corrected chi connectivity index (χ1v) is 8.58. The lowest BCUT2D eigenvalue weighted by Gasteiger charge is -2.20. The summed E-state index contributed by atoms with van der Waals surface area (Å²) in [5.74, 6) is 0.673. The first kappa shape index (κ1) is 15.6. The Morgan fingerprint density at radius 1 is 0.720 bits per heavy atom. The predicted octanol–water partition coefficient (Wildman–Crippen LogP) is 6.46. The van der Waals surface area contributed by atoms with E-state index in [1.807, 2.05) is 36.4 Å². The van der Waals surface area contributed by atoms with Crippen molar-refractivity contribution in [1.29, 1.82) is 0 Å². The molecular weight excluding hydrogens is 307 g/mol. The van der Waals surface area contributed by atoms with Gasteiger partial charge < -0.3 is 4.42 Å². The molecule has 0 spiro atoms. The molecule has 2 nitrogen and oxygen atoms in total. The van der Waals surface area contributed by atoms with E-state index in [1.54, 1.807) is 0 Å². The topological polar surface area (TPSA) is 26.0 Å². The van der Waals surface area contributed by atoms with Crippen LogP contribution in [0.15, 0.2) is 77.2 Å². The highest BCUT2D eigenvalue weighted by atomic mass is 16.4. The van der Waals surface area contributed by atoms with E-state index < -0.39 is 0 Å². The molecule has 124 valence electrons. The smallest absolute Gasteiger partial charge is 0.227 e. The summed E-state index contributed by atoms with van der Waals surface area (Å²) in [7, 11) is 0. The Hall–Kier alpha value is -2.87. The number of rotatable bonds is 2. The number of benzene rings is 3. The van der Waals surface area contributed by atoms with Crippen molar-refractivity contribution in [1.82, 2.24) is 4.98 Å². The normalized spacial score (nSPS) is 11.8. The van der Waals surface area contributed by atoms with Gasteiger partial charge in [-0.25, -0.2) is 4.98 Å². The van der Waals surface area contributed by atoms with E-state index in [0.717, 1.165) is 16.7 Å². The van der Waals surface area contributed by atoms with Gasteiger partial charge >= 0.3 is 0 Å². The van der Waals surface area contributed by atoms with E-state index in [9.17, 15) is 0 Å². The standard InChI is InChI=1S/C23H21NO/c1-23(2,3)19-14-18(16-10-6-4-7-11-16)15-20-21(19)25-22(24-20)17-12-8-5-9-13-17/h4-15H,1-3H3/i22+1. The lowest BCUT2D eigenvalue weighted by Crippen LogP contribution is -2.11. The first-order valence-electron chi connectivity index (χ1n) is 8.58. The summed E-state index contributed by atoms with van der Waals surface area (Å²) in [6.07, 6.45) is 0. The van der Waals surface area contributed by atoms with Gasteiger partial charge in [0.1, 0.15) is 5.52 Å². The van der Waals surface area contributed by atoms with Gasteiger partial charge in [-0.3, -0.25) is 0 Å². The van der Waals surface area contributed by atoms with Gasteiger partial charge in [-0.15, -0.1) is 0 Å². The molecule has 25 heavy (non-hydrogen) atoms. The second-order valence-electron chi connectivity index (χ2n) is 7.37. The van der Waals surface area contributed by atoms with Crippen LogP contribution in [-0.4, -0.2) is 4.98 Å². The van der Waals surface area contributed by atoms with Crippen molar-refractivity contribution in [3.63, 3.8) is 0 Å². The maximum atomic E-state index is 6.19. The second kappa shape index (κ2) is 5.89. The highest BCUT2D eigenvalue weighted by molar-refractivity contribution is 5.86. The molecule has 2 heteroatoms. The summed E-state index contributed by atoms with van der Waals surface area (Å²) in [5.41, 5.74) is 6.30. The Morgan fingerprint density at radius 2 is 1.32 bits per heavy atom. The van der Waals surface area contributed by atoms with Gasteiger partial charge in [0.05, 0.1) is 0 Å². The van der Waals surface area contributed by atoms with Crippen molar-refractivity contribution >= 4 is 11.1 Å². The molecule has 0 amide bonds. The van der Waals surface area contributed by atoms with Crippen molar-refractivity contribution in [2.75, 3.05) is 0 Å². The van der Waals surface area contributed by atoms with Crippen LogP contribution < -0.4 is 0 Å². The molecule has 4 rings (SSSR count). The Labute approximate surface area is 148 Å². The molecule has 0 aliphatic rings. The Balaban J connectivity index is 1.97. The number of hydrogen-bond donors (Lipinski definition) is 0. The maximum Gasteiger partial charge on any atom is 0.227 e. The molecule has 0 atom stereocenters. The summed E-state index contributed by atoms with van der Waals surface area (Å²) in [6.45, 7) is 6.63. The first-order chi connectivity index (χ1) is 12.0. The van der Waals surface area contributed by atoms with Crippen LogP contribution in [0.4, 0.5) is 0 Å². The molecule has 0 bridgehead atoms. The predicted molar refractivity (Wildman–Crippen MR) is 104 cm³/mol. The summed E-state index contributed by atoms with van der Waals surface area (Å²) >= 11 is 0. The number of nitrogens with zero attached hydrogens (tertiary/aromatic N) is 1. The quantitative estimate of drug-likeness (QED) is 0.422. The average Bonchev–Trinajstić information content (AvgIpc) is 3.05. The minimum absolute atomic E-state index is 0.0312. The maximum absolute atomic E-state index is 6.19. The largest absolute Gasteiger partial charge is 0.436 e. The number of hydrogen-bond acceptors (Lipinski definition) is 2. The summed E-state index contributed by atoms with van der Waals surface area (Å²) in [6, 6.07) is 24.8. The van der Waals surface area contributed by atoms with E-state index in [4.69, 9.17) is 9.40 Å². The molecule has 0 radical (unpaired) electrons. The van der Waals surface area contributed by atoms with Crippen molar-refractivity contribution in [2.45, 2.75) is 26.2 Å². The van der Waals surface area contributed by atoms with Gasteiger partial charge in [-0.2, -0.15) is 0 Å². The van der Waals surface area contributed by atoms with Crippen molar-refractivity contribution in [2.24, 2.45) is 0 Å². The van der Waals surface area contributed by atoms with E-state index in [0.29, 0.717) is 5.89 Å². The van der Waals surface area contributed by atoms with Gasteiger partial charge in [0.2, 0.25) is 5.89 Å². The molecule has 0 saturated carbocycles. The number of aromatic nitrogens is 1. The Kier molecular flexibility index (Phi) is 3.69. The van der Waals surface area contributed by atoms with Gasteiger partial charge in [0, 0.05) is 11.1 Å². The summed E-state index contributed by atoms with van der Waals surface area (Å²) in [4.78, 5) is 4.78. The summed E-state index contributed by atoms with van der Waals surface area (Å²) in [5, 5.41) is 0. The highest BCUT2D eigenvalue weighted by Crippen LogP contribution is 2.36. The third kappa shape index (κ3) is 2.96. The second-order valence-corrected chi connectivity index (χ2v) is 7.37. The van der Waals surface area contributed by atoms with Crippen molar-refractivity contribution in [3.8, 4) is 22.6 Å². The minimum atomic E-state index is -0.0312. The lowest BCUT2D eigenvalue weighted by atomic mass is 9.84. The molecular formula is C23H21NO. The van der Waals surface area contributed by atoms with E-state index >= 15 is 0 Å². The third-order valence-electron chi connectivity index (χ3n) is 4.43. The molecule has 0 saturated heterocycles. The Morgan fingerprint density at radius 3 is 1.92 bits per heavy atom. The van der Waals surface area contributed by atoms with E-state index in [-0.39, 0.29) is 5.41 Å². The number of fused-ring (bicyclic) bond motifs is 1. The molecule has 0 N–H and O–H groups in total. The van der Waals surface area contributed by atoms with Crippen LogP contribution in [0.5, 0.6) is 0 Å². The van der Waals surface area contributed by atoms with E-state index in [1.165, 1.54) is 16.7 Å². The van der Waals surface area contributed by atoms with Crippen LogP contribution >= 0.6 is 0 Å². The SMILES string of the molecule is CC(C)(C)c1cc(-c2ccccc2)cc2n[13c](-c3ccccc3)oc12. The monoisotopic (exact) mass is 328 g/mol. The lowest BCUT2D eigenvalue weighted by molar-refractivity contribution is 0.561. The molecule has 0 unspecified atom stereocenters. The van der Waals surface area contributed by atoms with E-state index in [2.05, 4.69) is 57.2 Å². The minimum Gasteiger partial charge on any atom is -0.436 e. The molecule has 3 aromatic carbocycles. The highest BCUT2D eigenvalue weighted by Gasteiger charge is 2.22.